The lowest BCUT2D eigenvalue weighted by Crippen LogP contribution is -2.37. The molecule has 3 aromatic rings. The quantitative estimate of drug-likeness (QED) is 0.499. The van der Waals surface area contributed by atoms with Gasteiger partial charge in [0.2, 0.25) is 0 Å². The van der Waals surface area contributed by atoms with Gasteiger partial charge in [0.1, 0.15) is 5.60 Å². The standard InChI is InChI=1S/C28H35N5O4/c1-28(2,3)37-27(36)31(4)16-18-13-14-32(17-18)22-15-21(26(34)35)29-25-23(22)24(19-9-8-10-19)30-33(25)20-11-6-5-7-12-20/h5-7,11-12,15,18-19H,8-10,13-14,16-17H2,1-4H3,(H,34,35)/t18-/m0/s1. The van der Waals surface area contributed by atoms with E-state index in [1.54, 1.807) is 22.7 Å². The summed E-state index contributed by atoms with van der Waals surface area (Å²) in [7, 11) is 1.77. The number of aromatic carboxylic acids is 1. The maximum Gasteiger partial charge on any atom is 0.410 e. The van der Waals surface area contributed by atoms with Crippen LogP contribution in [0.25, 0.3) is 16.7 Å². The Morgan fingerprint density at radius 3 is 2.51 bits per heavy atom. The van der Waals surface area contributed by atoms with Gasteiger partial charge in [0, 0.05) is 32.6 Å². The van der Waals surface area contributed by atoms with Gasteiger partial charge in [0.05, 0.1) is 22.5 Å². The number of hydrogen-bond donors (Lipinski definition) is 1. The van der Waals surface area contributed by atoms with Crippen molar-refractivity contribution in [3.8, 4) is 5.69 Å². The van der Waals surface area contributed by atoms with E-state index in [2.05, 4.69) is 9.88 Å². The maximum absolute atomic E-state index is 12.5. The Balaban J connectivity index is 1.50. The fraction of sp³-hybridized carbons (Fsp3) is 0.500. The largest absolute Gasteiger partial charge is 0.477 e. The lowest BCUT2D eigenvalue weighted by molar-refractivity contribution is 0.0277. The van der Waals surface area contributed by atoms with Crippen molar-refractivity contribution in [3.63, 3.8) is 0 Å². The molecule has 1 amide bonds. The maximum atomic E-state index is 12.5. The summed E-state index contributed by atoms with van der Waals surface area (Å²) in [5.41, 5.74) is 2.77. The van der Waals surface area contributed by atoms with Crippen molar-refractivity contribution in [2.24, 2.45) is 5.92 Å². The molecule has 9 nitrogen and oxygen atoms in total. The zero-order valence-electron chi connectivity index (χ0n) is 22.0. The molecule has 2 aromatic heterocycles. The van der Waals surface area contributed by atoms with E-state index in [9.17, 15) is 14.7 Å². The molecule has 1 saturated heterocycles. The number of fused-ring (bicyclic) bond motifs is 1. The van der Waals surface area contributed by atoms with Crippen LogP contribution in [0.2, 0.25) is 0 Å². The molecule has 37 heavy (non-hydrogen) atoms. The predicted molar refractivity (Wildman–Crippen MR) is 142 cm³/mol. The van der Waals surface area contributed by atoms with Gasteiger partial charge in [0.25, 0.3) is 0 Å². The molecule has 1 N–H and O–H groups in total. The second-order valence-electron chi connectivity index (χ2n) is 11.3. The molecule has 2 aliphatic rings. The second-order valence-corrected chi connectivity index (χ2v) is 11.3. The van der Waals surface area contributed by atoms with E-state index in [4.69, 9.17) is 9.84 Å². The number of hydrogen-bond acceptors (Lipinski definition) is 6. The molecule has 0 spiro atoms. The number of para-hydroxylation sites is 1. The van der Waals surface area contributed by atoms with Gasteiger partial charge in [-0.2, -0.15) is 5.10 Å². The lowest BCUT2D eigenvalue weighted by atomic mass is 9.82. The number of carboxylic acids is 1. The van der Waals surface area contributed by atoms with Crippen LogP contribution in [-0.4, -0.2) is 69.1 Å². The molecule has 1 aliphatic carbocycles. The first-order chi connectivity index (χ1) is 17.6. The van der Waals surface area contributed by atoms with Gasteiger partial charge in [-0.15, -0.1) is 0 Å². The Kier molecular flexibility index (Phi) is 6.56. The lowest BCUT2D eigenvalue weighted by Gasteiger charge is -2.27. The smallest absolute Gasteiger partial charge is 0.410 e. The van der Waals surface area contributed by atoms with Crippen LogP contribution < -0.4 is 4.90 Å². The zero-order valence-corrected chi connectivity index (χ0v) is 22.0. The SMILES string of the molecule is CN(C[C@@H]1CCN(c2cc(C(=O)O)nc3c2c(C2CCC2)nn3-c2ccccc2)C1)C(=O)OC(C)(C)C. The Morgan fingerprint density at radius 1 is 1.16 bits per heavy atom. The molecule has 3 heterocycles. The van der Waals surface area contributed by atoms with Gasteiger partial charge < -0.3 is 19.6 Å². The van der Waals surface area contributed by atoms with Crippen molar-refractivity contribution in [1.29, 1.82) is 0 Å². The first-order valence-corrected chi connectivity index (χ1v) is 13.0. The van der Waals surface area contributed by atoms with Crippen LogP contribution in [0.15, 0.2) is 36.4 Å². The van der Waals surface area contributed by atoms with Crippen molar-refractivity contribution in [3.05, 3.63) is 47.8 Å². The molecule has 5 rings (SSSR count). The molecule has 196 valence electrons. The number of carboxylic acid groups (broad SMARTS) is 1. The van der Waals surface area contributed by atoms with Crippen molar-refractivity contribution in [2.75, 3.05) is 31.6 Å². The summed E-state index contributed by atoms with van der Waals surface area (Å²) < 4.78 is 7.31. The molecule has 1 saturated carbocycles. The second kappa shape index (κ2) is 9.68. The van der Waals surface area contributed by atoms with Crippen LogP contribution in [0.1, 0.15) is 68.6 Å². The van der Waals surface area contributed by atoms with Crippen molar-refractivity contribution in [1.82, 2.24) is 19.7 Å². The topological polar surface area (TPSA) is 101 Å². The Morgan fingerprint density at radius 2 is 1.89 bits per heavy atom. The summed E-state index contributed by atoms with van der Waals surface area (Å²) in [5.74, 6) is -0.472. The first kappa shape index (κ1) is 25.0. The minimum Gasteiger partial charge on any atom is -0.477 e. The van der Waals surface area contributed by atoms with Crippen molar-refractivity contribution in [2.45, 2.75) is 58.0 Å². The third kappa shape index (κ3) is 5.12. The van der Waals surface area contributed by atoms with Gasteiger partial charge in [-0.1, -0.05) is 24.6 Å². The van der Waals surface area contributed by atoms with Gasteiger partial charge in [-0.05, 0) is 64.2 Å². The number of amides is 1. The third-order valence-electron chi connectivity index (χ3n) is 7.22. The third-order valence-corrected chi connectivity index (χ3v) is 7.22. The van der Waals surface area contributed by atoms with Gasteiger partial charge in [-0.25, -0.2) is 19.3 Å². The Labute approximate surface area is 217 Å². The highest BCUT2D eigenvalue weighted by Gasteiger charge is 2.33. The number of ether oxygens (including phenoxy) is 1. The van der Waals surface area contributed by atoms with Crippen molar-refractivity contribution < 1.29 is 19.4 Å². The fourth-order valence-corrected chi connectivity index (χ4v) is 5.20. The van der Waals surface area contributed by atoms with Crippen LogP contribution in [-0.2, 0) is 4.74 Å². The summed E-state index contributed by atoms with van der Waals surface area (Å²) in [6.07, 6.45) is 3.88. The number of rotatable bonds is 6. The van der Waals surface area contributed by atoms with Crippen LogP contribution in [0.3, 0.4) is 0 Å². The predicted octanol–water partition coefficient (Wildman–Crippen LogP) is 5.08. The molecule has 1 atom stereocenters. The van der Waals surface area contributed by atoms with Crippen LogP contribution in [0.4, 0.5) is 10.5 Å². The minimum atomic E-state index is -1.06. The molecule has 0 bridgehead atoms. The van der Waals surface area contributed by atoms with E-state index in [1.807, 2.05) is 51.1 Å². The summed E-state index contributed by atoms with van der Waals surface area (Å²) >= 11 is 0. The summed E-state index contributed by atoms with van der Waals surface area (Å²) in [6, 6.07) is 11.5. The molecule has 9 heteroatoms. The summed E-state index contributed by atoms with van der Waals surface area (Å²) in [6.45, 7) is 7.64. The van der Waals surface area contributed by atoms with Gasteiger partial charge >= 0.3 is 12.1 Å². The number of anilines is 1. The summed E-state index contributed by atoms with van der Waals surface area (Å²) in [5, 5.41) is 15.9. The van der Waals surface area contributed by atoms with Crippen LogP contribution in [0, 0.1) is 5.92 Å². The highest BCUT2D eigenvalue weighted by Crippen LogP contribution is 2.43. The van der Waals surface area contributed by atoms with E-state index in [1.165, 1.54) is 6.42 Å². The van der Waals surface area contributed by atoms with E-state index in [0.717, 1.165) is 48.3 Å². The molecular weight excluding hydrogens is 470 g/mol. The van der Waals surface area contributed by atoms with E-state index >= 15 is 0 Å². The monoisotopic (exact) mass is 505 g/mol. The minimum absolute atomic E-state index is 0.00839. The van der Waals surface area contributed by atoms with Gasteiger partial charge in [0.15, 0.2) is 11.3 Å². The number of carbonyl (C=O) groups is 2. The Bertz CT molecular complexity index is 1310. The molecule has 2 fully saturated rings. The van der Waals surface area contributed by atoms with Crippen molar-refractivity contribution >= 4 is 28.8 Å². The number of aromatic nitrogens is 3. The molecule has 1 aromatic carbocycles. The van der Waals surface area contributed by atoms with E-state index < -0.39 is 11.6 Å². The number of pyridine rings is 1. The fourth-order valence-electron chi connectivity index (χ4n) is 5.20. The van der Waals surface area contributed by atoms with E-state index in [-0.39, 0.29) is 17.7 Å². The zero-order chi connectivity index (χ0) is 26.3. The molecule has 1 aliphatic heterocycles. The number of nitrogens with zero attached hydrogens (tertiary/aromatic N) is 5. The molecule has 0 unspecified atom stereocenters. The van der Waals surface area contributed by atoms with Crippen LogP contribution >= 0.6 is 0 Å². The van der Waals surface area contributed by atoms with Crippen LogP contribution in [0.5, 0.6) is 0 Å². The first-order valence-electron chi connectivity index (χ1n) is 13.0. The molecular formula is C28H35N5O4. The van der Waals surface area contributed by atoms with Gasteiger partial charge in [-0.3, -0.25) is 0 Å². The highest BCUT2D eigenvalue weighted by atomic mass is 16.6. The van der Waals surface area contributed by atoms with E-state index in [0.29, 0.717) is 24.7 Å². The number of carbonyl (C=O) groups excluding carboxylic acids is 1. The average molecular weight is 506 g/mol. The summed E-state index contributed by atoms with van der Waals surface area (Å²) in [4.78, 5) is 33.0. The highest BCUT2D eigenvalue weighted by molar-refractivity contribution is 5.98. The normalized spacial score (nSPS) is 18.2. The average Bonchev–Trinajstić information content (AvgIpc) is 3.42. The number of benzene rings is 1. The molecule has 0 radical (unpaired) electrons. The Hall–Kier alpha value is -3.62.